The molecular weight excluding hydrogens is 361 g/mol. The highest BCUT2D eigenvalue weighted by Crippen LogP contribution is 2.22. The van der Waals surface area contributed by atoms with Gasteiger partial charge in [0, 0.05) is 6.04 Å². The normalized spacial score (nSPS) is 14.8. The zero-order valence-corrected chi connectivity index (χ0v) is 15.4. The number of fused-ring (bicyclic) bond motifs is 1. The molecule has 1 heterocycles. The first-order valence-electron chi connectivity index (χ1n) is 9.34. The maximum Gasteiger partial charge on any atom is 0.336 e. The Bertz CT molecular complexity index is 1160. The van der Waals surface area contributed by atoms with Crippen LogP contribution in [0.1, 0.15) is 32.2 Å². The van der Waals surface area contributed by atoms with Gasteiger partial charge in [0.1, 0.15) is 11.9 Å². The Hall–Kier alpha value is -3.22. The predicted molar refractivity (Wildman–Crippen MR) is 104 cm³/mol. The van der Waals surface area contributed by atoms with Crippen molar-refractivity contribution in [3.63, 3.8) is 0 Å². The summed E-state index contributed by atoms with van der Waals surface area (Å²) in [5.41, 5.74) is -0.448. The fourth-order valence-electron chi connectivity index (χ4n) is 3.41. The standard InChI is InChI=1S/C21H20FN3O3/c1-2-17(19(26)23-14-9-10-14)25-18-6-4-3-5-16(18)20(27)24(21(25)28)15-11-7-13(22)8-12-15/h3-8,11-12,14,17H,2,9-10H2,1H3,(H,23,26). The van der Waals surface area contributed by atoms with Gasteiger partial charge in [0.05, 0.1) is 16.6 Å². The van der Waals surface area contributed by atoms with Gasteiger partial charge in [-0.25, -0.2) is 13.8 Å². The molecular formula is C21H20FN3O3. The molecule has 2 aromatic carbocycles. The minimum absolute atomic E-state index is 0.159. The highest BCUT2D eigenvalue weighted by molar-refractivity contribution is 5.85. The topological polar surface area (TPSA) is 73.1 Å². The molecule has 1 aliphatic carbocycles. The number of carbonyl (C=O) groups excluding carboxylic acids is 1. The molecule has 0 saturated heterocycles. The van der Waals surface area contributed by atoms with Gasteiger partial charge in [0.2, 0.25) is 5.91 Å². The van der Waals surface area contributed by atoms with Gasteiger partial charge in [-0.05, 0) is 55.7 Å². The number of halogens is 1. The number of nitrogens with zero attached hydrogens (tertiary/aromatic N) is 2. The highest BCUT2D eigenvalue weighted by Gasteiger charge is 2.30. The summed E-state index contributed by atoms with van der Waals surface area (Å²) in [5.74, 6) is -0.699. The van der Waals surface area contributed by atoms with Crippen molar-refractivity contribution >= 4 is 16.8 Å². The van der Waals surface area contributed by atoms with Crippen LogP contribution in [0.5, 0.6) is 0 Å². The average molecular weight is 381 g/mol. The van der Waals surface area contributed by atoms with Crippen molar-refractivity contribution in [3.05, 3.63) is 75.2 Å². The molecule has 1 amide bonds. The van der Waals surface area contributed by atoms with E-state index in [0.717, 1.165) is 17.4 Å². The third-order valence-electron chi connectivity index (χ3n) is 5.00. The molecule has 1 saturated carbocycles. The molecule has 144 valence electrons. The maximum atomic E-state index is 13.3. The Kier molecular flexibility index (Phi) is 4.58. The van der Waals surface area contributed by atoms with Crippen LogP contribution in [0.4, 0.5) is 4.39 Å². The number of nitrogens with one attached hydrogen (secondary N) is 1. The Balaban J connectivity index is 1.99. The summed E-state index contributed by atoms with van der Waals surface area (Å²) in [6, 6.07) is 11.3. The van der Waals surface area contributed by atoms with E-state index in [1.54, 1.807) is 24.3 Å². The van der Waals surface area contributed by atoms with E-state index in [1.807, 2.05) is 6.92 Å². The monoisotopic (exact) mass is 381 g/mol. The van der Waals surface area contributed by atoms with Crippen molar-refractivity contribution in [2.75, 3.05) is 0 Å². The van der Waals surface area contributed by atoms with Crippen LogP contribution in [0.25, 0.3) is 16.6 Å². The van der Waals surface area contributed by atoms with E-state index >= 15 is 0 Å². The van der Waals surface area contributed by atoms with Gasteiger partial charge in [-0.15, -0.1) is 0 Å². The number of benzene rings is 2. The zero-order valence-electron chi connectivity index (χ0n) is 15.4. The molecule has 0 radical (unpaired) electrons. The first kappa shape index (κ1) is 18.2. The van der Waals surface area contributed by atoms with Gasteiger partial charge in [0.25, 0.3) is 5.56 Å². The number of rotatable bonds is 5. The van der Waals surface area contributed by atoms with Crippen molar-refractivity contribution in [3.8, 4) is 5.69 Å². The summed E-state index contributed by atoms with van der Waals surface area (Å²) in [6.07, 6.45) is 2.27. The van der Waals surface area contributed by atoms with Crippen LogP contribution in [0, 0.1) is 5.82 Å². The molecule has 4 rings (SSSR count). The second kappa shape index (κ2) is 7.07. The summed E-state index contributed by atoms with van der Waals surface area (Å²) in [7, 11) is 0. The Labute approximate surface area is 160 Å². The quantitative estimate of drug-likeness (QED) is 0.738. The highest BCUT2D eigenvalue weighted by atomic mass is 19.1. The Morgan fingerprint density at radius 3 is 2.46 bits per heavy atom. The fraction of sp³-hybridized carbons (Fsp3) is 0.286. The lowest BCUT2D eigenvalue weighted by atomic mass is 10.1. The summed E-state index contributed by atoms with van der Waals surface area (Å²) in [6.45, 7) is 1.83. The molecule has 28 heavy (non-hydrogen) atoms. The summed E-state index contributed by atoms with van der Waals surface area (Å²) < 4.78 is 15.7. The Morgan fingerprint density at radius 2 is 1.82 bits per heavy atom. The molecule has 6 nitrogen and oxygen atoms in total. The van der Waals surface area contributed by atoms with Crippen molar-refractivity contribution in [1.82, 2.24) is 14.5 Å². The van der Waals surface area contributed by atoms with E-state index in [9.17, 15) is 18.8 Å². The van der Waals surface area contributed by atoms with E-state index in [-0.39, 0.29) is 17.6 Å². The third-order valence-corrected chi connectivity index (χ3v) is 5.00. The smallest absolute Gasteiger partial charge is 0.336 e. The van der Waals surface area contributed by atoms with E-state index in [1.165, 1.54) is 28.8 Å². The second-order valence-corrected chi connectivity index (χ2v) is 6.99. The van der Waals surface area contributed by atoms with Crippen LogP contribution in [-0.4, -0.2) is 21.1 Å². The molecule has 1 aliphatic rings. The zero-order chi connectivity index (χ0) is 19.8. The Morgan fingerprint density at radius 1 is 1.14 bits per heavy atom. The number of carbonyl (C=O) groups is 1. The molecule has 0 bridgehead atoms. The van der Waals surface area contributed by atoms with E-state index in [0.29, 0.717) is 17.3 Å². The van der Waals surface area contributed by atoms with Crippen molar-refractivity contribution in [2.45, 2.75) is 38.3 Å². The van der Waals surface area contributed by atoms with Crippen LogP contribution < -0.4 is 16.6 Å². The number of amides is 1. The largest absolute Gasteiger partial charge is 0.352 e. The van der Waals surface area contributed by atoms with Gasteiger partial charge < -0.3 is 5.32 Å². The molecule has 1 aromatic heterocycles. The van der Waals surface area contributed by atoms with E-state index in [2.05, 4.69) is 5.32 Å². The first-order valence-corrected chi connectivity index (χ1v) is 9.34. The van der Waals surface area contributed by atoms with Crippen molar-refractivity contribution in [2.24, 2.45) is 0 Å². The molecule has 1 atom stereocenters. The van der Waals surface area contributed by atoms with Crippen LogP contribution in [0.2, 0.25) is 0 Å². The second-order valence-electron chi connectivity index (χ2n) is 6.99. The molecule has 3 aromatic rings. The number of aromatic nitrogens is 2. The molecule has 7 heteroatoms. The number of para-hydroxylation sites is 1. The SMILES string of the molecule is CCC(C(=O)NC1CC1)n1c(=O)n(-c2ccc(F)cc2)c(=O)c2ccccc21. The summed E-state index contributed by atoms with van der Waals surface area (Å²) in [4.78, 5) is 39.1. The lowest BCUT2D eigenvalue weighted by Gasteiger charge is -2.21. The molecule has 0 aliphatic heterocycles. The average Bonchev–Trinajstić information content (AvgIpc) is 3.50. The fourth-order valence-corrected chi connectivity index (χ4v) is 3.41. The number of hydrogen-bond acceptors (Lipinski definition) is 3. The van der Waals surface area contributed by atoms with E-state index < -0.39 is 23.1 Å². The van der Waals surface area contributed by atoms with Crippen LogP contribution >= 0.6 is 0 Å². The lowest BCUT2D eigenvalue weighted by molar-refractivity contribution is -0.124. The van der Waals surface area contributed by atoms with Gasteiger partial charge in [-0.2, -0.15) is 0 Å². The van der Waals surface area contributed by atoms with Crippen LogP contribution in [0.3, 0.4) is 0 Å². The summed E-state index contributed by atoms with van der Waals surface area (Å²) in [5, 5.41) is 3.26. The van der Waals surface area contributed by atoms with Crippen LogP contribution in [-0.2, 0) is 4.79 Å². The molecule has 1 N–H and O–H groups in total. The lowest BCUT2D eigenvalue weighted by Crippen LogP contribution is -2.44. The van der Waals surface area contributed by atoms with Crippen LogP contribution in [0.15, 0.2) is 58.1 Å². The molecule has 1 unspecified atom stereocenters. The van der Waals surface area contributed by atoms with Gasteiger partial charge in [0.15, 0.2) is 0 Å². The maximum absolute atomic E-state index is 13.3. The third kappa shape index (κ3) is 3.13. The van der Waals surface area contributed by atoms with E-state index in [4.69, 9.17) is 0 Å². The number of hydrogen-bond donors (Lipinski definition) is 1. The van der Waals surface area contributed by atoms with Crippen molar-refractivity contribution < 1.29 is 9.18 Å². The van der Waals surface area contributed by atoms with Gasteiger partial charge in [-0.3, -0.25) is 14.2 Å². The predicted octanol–water partition coefficient (Wildman–Crippen LogP) is 2.52. The molecule has 1 fully saturated rings. The first-order chi connectivity index (χ1) is 13.5. The van der Waals surface area contributed by atoms with Gasteiger partial charge in [-0.1, -0.05) is 19.1 Å². The molecule has 0 spiro atoms. The van der Waals surface area contributed by atoms with Gasteiger partial charge >= 0.3 is 5.69 Å². The minimum atomic E-state index is -0.745. The minimum Gasteiger partial charge on any atom is -0.352 e. The summed E-state index contributed by atoms with van der Waals surface area (Å²) >= 11 is 0. The van der Waals surface area contributed by atoms with Crippen molar-refractivity contribution in [1.29, 1.82) is 0 Å².